The average molecular weight is 476 g/mol. The van der Waals surface area contributed by atoms with Gasteiger partial charge in [-0.1, -0.05) is 22.9 Å². The predicted molar refractivity (Wildman–Crippen MR) is 103 cm³/mol. The first-order chi connectivity index (χ1) is 11.3. The standard InChI is InChI=1S/C16H16Br2N2O3S/c1-3-10-8(2)24-16(14(10)15(19)22)20-13(21)7-23-12-5-4-9(17)6-11(12)18/h4-6H,3,7H2,1-2H3,(H2,19,22)(H,20,21). The number of nitrogens with one attached hydrogen (secondary N) is 1. The molecule has 0 radical (unpaired) electrons. The molecule has 0 spiro atoms. The van der Waals surface area contributed by atoms with Crippen LogP contribution in [0.3, 0.4) is 0 Å². The number of aryl methyl sites for hydroxylation is 1. The fourth-order valence-electron chi connectivity index (χ4n) is 2.25. The highest BCUT2D eigenvalue weighted by molar-refractivity contribution is 9.11. The van der Waals surface area contributed by atoms with E-state index in [2.05, 4.69) is 37.2 Å². The van der Waals surface area contributed by atoms with Crippen molar-refractivity contribution >= 4 is 60.0 Å². The van der Waals surface area contributed by atoms with Crippen molar-refractivity contribution in [2.24, 2.45) is 5.73 Å². The molecule has 0 aliphatic rings. The molecule has 0 atom stereocenters. The summed E-state index contributed by atoms with van der Waals surface area (Å²) in [6, 6.07) is 5.40. The number of carbonyl (C=O) groups excluding carboxylic acids is 2. The second-order valence-corrected chi connectivity index (χ2v) is 7.97. The zero-order valence-corrected chi connectivity index (χ0v) is 17.1. The Morgan fingerprint density at radius 3 is 2.62 bits per heavy atom. The van der Waals surface area contributed by atoms with Gasteiger partial charge in [0.25, 0.3) is 11.8 Å². The highest BCUT2D eigenvalue weighted by Crippen LogP contribution is 2.33. The molecule has 2 rings (SSSR count). The van der Waals surface area contributed by atoms with Crippen LogP contribution in [0.25, 0.3) is 0 Å². The van der Waals surface area contributed by atoms with Gasteiger partial charge in [-0.2, -0.15) is 0 Å². The molecular formula is C16H16Br2N2O3S. The van der Waals surface area contributed by atoms with E-state index in [0.717, 1.165) is 19.4 Å². The first-order valence-corrected chi connectivity index (χ1v) is 9.53. The van der Waals surface area contributed by atoms with Gasteiger partial charge in [0.15, 0.2) is 6.61 Å². The summed E-state index contributed by atoms with van der Waals surface area (Å²) >= 11 is 8.07. The molecule has 0 aliphatic carbocycles. The molecule has 1 aromatic carbocycles. The largest absolute Gasteiger partial charge is 0.483 e. The van der Waals surface area contributed by atoms with E-state index in [0.29, 0.717) is 22.7 Å². The highest BCUT2D eigenvalue weighted by Gasteiger charge is 2.20. The fraction of sp³-hybridized carbons (Fsp3) is 0.250. The molecule has 0 bridgehead atoms. The topological polar surface area (TPSA) is 81.4 Å². The van der Waals surface area contributed by atoms with E-state index in [1.165, 1.54) is 11.3 Å². The molecule has 128 valence electrons. The summed E-state index contributed by atoms with van der Waals surface area (Å²) in [5.41, 5.74) is 6.72. The van der Waals surface area contributed by atoms with Crippen LogP contribution < -0.4 is 15.8 Å². The van der Waals surface area contributed by atoms with E-state index >= 15 is 0 Å². The van der Waals surface area contributed by atoms with Crippen molar-refractivity contribution in [1.82, 2.24) is 0 Å². The third-order valence-corrected chi connectivity index (χ3v) is 5.49. The van der Waals surface area contributed by atoms with Crippen LogP contribution in [0.5, 0.6) is 5.75 Å². The lowest BCUT2D eigenvalue weighted by atomic mass is 10.1. The van der Waals surface area contributed by atoms with Gasteiger partial charge in [0.05, 0.1) is 10.0 Å². The highest BCUT2D eigenvalue weighted by atomic mass is 79.9. The maximum atomic E-state index is 12.1. The number of benzene rings is 1. The molecule has 0 saturated heterocycles. The van der Waals surface area contributed by atoms with Gasteiger partial charge in [0, 0.05) is 9.35 Å². The van der Waals surface area contributed by atoms with Crippen molar-refractivity contribution < 1.29 is 14.3 Å². The van der Waals surface area contributed by atoms with E-state index in [1.54, 1.807) is 6.07 Å². The van der Waals surface area contributed by atoms with Gasteiger partial charge in [-0.15, -0.1) is 11.3 Å². The van der Waals surface area contributed by atoms with Crippen LogP contribution in [0.4, 0.5) is 5.00 Å². The smallest absolute Gasteiger partial charge is 0.262 e. The molecule has 0 unspecified atom stereocenters. The third-order valence-electron chi connectivity index (χ3n) is 3.31. The first kappa shape index (κ1) is 19.0. The summed E-state index contributed by atoms with van der Waals surface area (Å²) in [6.45, 7) is 3.68. The molecule has 24 heavy (non-hydrogen) atoms. The Bertz CT molecular complexity index is 790. The van der Waals surface area contributed by atoms with Crippen molar-refractivity contribution in [3.8, 4) is 5.75 Å². The number of primary amides is 1. The number of nitrogens with two attached hydrogens (primary N) is 1. The Labute approximate surface area is 160 Å². The van der Waals surface area contributed by atoms with Crippen LogP contribution in [0.1, 0.15) is 27.7 Å². The second kappa shape index (κ2) is 8.13. The van der Waals surface area contributed by atoms with Crippen LogP contribution >= 0.6 is 43.2 Å². The van der Waals surface area contributed by atoms with Gasteiger partial charge >= 0.3 is 0 Å². The molecule has 1 heterocycles. The zero-order chi connectivity index (χ0) is 17.9. The van der Waals surface area contributed by atoms with Crippen LogP contribution in [0, 0.1) is 6.92 Å². The van der Waals surface area contributed by atoms with E-state index in [1.807, 2.05) is 26.0 Å². The second-order valence-electron chi connectivity index (χ2n) is 4.97. The Hall–Kier alpha value is -1.38. The molecule has 1 aromatic heterocycles. The Morgan fingerprint density at radius 1 is 1.33 bits per heavy atom. The summed E-state index contributed by atoms with van der Waals surface area (Å²) in [6.07, 6.45) is 0.679. The van der Waals surface area contributed by atoms with E-state index in [-0.39, 0.29) is 12.5 Å². The van der Waals surface area contributed by atoms with Gasteiger partial charge in [-0.25, -0.2) is 0 Å². The number of rotatable bonds is 6. The molecule has 8 heteroatoms. The lowest BCUT2D eigenvalue weighted by molar-refractivity contribution is -0.118. The van der Waals surface area contributed by atoms with E-state index < -0.39 is 5.91 Å². The first-order valence-electron chi connectivity index (χ1n) is 7.13. The lowest BCUT2D eigenvalue weighted by Gasteiger charge is -2.09. The normalized spacial score (nSPS) is 10.5. The quantitative estimate of drug-likeness (QED) is 0.654. The molecule has 5 nitrogen and oxygen atoms in total. The molecule has 0 fully saturated rings. The van der Waals surface area contributed by atoms with Crippen LogP contribution in [0.2, 0.25) is 0 Å². The summed E-state index contributed by atoms with van der Waals surface area (Å²) in [4.78, 5) is 24.8. The van der Waals surface area contributed by atoms with Gasteiger partial charge in [0.2, 0.25) is 0 Å². The summed E-state index contributed by atoms with van der Waals surface area (Å²) in [5, 5.41) is 3.19. The molecule has 0 saturated carbocycles. The van der Waals surface area contributed by atoms with Crippen molar-refractivity contribution in [3.05, 3.63) is 43.1 Å². The lowest BCUT2D eigenvalue weighted by Crippen LogP contribution is -2.22. The molecule has 2 aromatic rings. The number of halogens is 2. The maximum absolute atomic E-state index is 12.1. The summed E-state index contributed by atoms with van der Waals surface area (Å²) in [7, 11) is 0. The van der Waals surface area contributed by atoms with Crippen LogP contribution in [-0.4, -0.2) is 18.4 Å². The van der Waals surface area contributed by atoms with Gasteiger partial charge in [0.1, 0.15) is 10.8 Å². The number of anilines is 1. The summed E-state index contributed by atoms with van der Waals surface area (Å²) in [5.74, 6) is -0.334. The van der Waals surface area contributed by atoms with Crippen LogP contribution in [-0.2, 0) is 11.2 Å². The van der Waals surface area contributed by atoms with E-state index in [9.17, 15) is 9.59 Å². The van der Waals surface area contributed by atoms with Gasteiger partial charge in [-0.05, 0) is 53.0 Å². The summed E-state index contributed by atoms with van der Waals surface area (Å²) < 4.78 is 7.14. The minimum absolute atomic E-state index is 0.170. The van der Waals surface area contributed by atoms with Gasteiger partial charge < -0.3 is 15.8 Å². The molecule has 2 amide bonds. The van der Waals surface area contributed by atoms with Crippen molar-refractivity contribution in [1.29, 1.82) is 0 Å². The number of hydrogen-bond acceptors (Lipinski definition) is 4. The third kappa shape index (κ3) is 4.37. The fourth-order valence-corrected chi connectivity index (χ4v) is 4.58. The van der Waals surface area contributed by atoms with Crippen molar-refractivity contribution in [2.75, 3.05) is 11.9 Å². The number of ether oxygens (including phenoxy) is 1. The number of amides is 2. The molecule has 3 N–H and O–H groups in total. The monoisotopic (exact) mass is 474 g/mol. The molecule has 0 aliphatic heterocycles. The number of thiophene rings is 1. The zero-order valence-electron chi connectivity index (χ0n) is 13.1. The van der Waals surface area contributed by atoms with Crippen molar-refractivity contribution in [3.63, 3.8) is 0 Å². The SMILES string of the molecule is CCc1c(C)sc(NC(=O)COc2ccc(Br)cc2Br)c1C(N)=O. The van der Waals surface area contributed by atoms with Crippen LogP contribution in [0.15, 0.2) is 27.1 Å². The average Bonchev–Trinajstić information content (AvgIpc) is 2.81. The minimum atomic E-state index is -0.539. The Balaban J connectivity index is 2.09. The van der Waals surface area contributed by atoms with E-state index in [4.69, 9.17) is 10.5 Å². The molecular weight excluding hydrogens is 460 g/mol. The Morgan fingerprint density at radius 2 is 2.04 bits per heavy atom. The number of hydrogen-bond donors (Lipinski definition) is 2. The number of carbonyl (C=O) groups is 2. The Kier molecular flexibility index (Phi) is 6.42. The van der Waals surface area contributed by atoms with Crippen molar-refractivity contribution in [2.45, 2.75) is 20.3 Å². The predicted octanol–water partition coefficient (Wildman–Crippen LogP) is 4.26. The maximum Gasteiger partial charge on any atom is 0.262 e. The van der Waals surface area contributed by atoms with Gasteiger partial charge in [-0.3, -0.25) is 9.59 Å². The minimum Gasteiger partial charge on any atom is -0.483 e.